The molecule has 3 aliphatic rings. The number of aliphatic hydroxyl groups is 11. The minimum atomic E-state index is -1.98. The summed E-state index contributed by atoms with van der Waals surface area (Å²) < 4.78 is 34.3. The number of carbonyl (C=O) groups excluding carboxylic acids is 1. The van der Waals surface area contributed by atoms with Gasteiger partial charge in [0, 0.05) is 6.42 Å². The molecule has 0 aromatic rings. The van der Waals surface area contributed by atoms with Gasteiger partial charge in [0.1, 0.15) is 73.2 Å². The first-order chi connectivity index (χ1) is 43.3. The van der Waals surface area contributed by atoms with Crippen molar-refractivity contribution in [3.63, 3.8) is 0 Å². The molecule has 0 spiro atoms. The fraction of sp³-hybridized carbons (Fsp3) is 0.871. The Morgan fingerprint density at radius 3 is 1.15 bits per heavy atom. The number of amides is 1. The average molecular weight is 1270 g/mol. The summed E-state index contributed by atoms with van der Waals surface area (Å²) in [7, 11) is 0. The van der Waals surface area contributed by atoms with Crippen molar-refractivity contribution in [1.29, 1.82) is 0 Å². The Morgan fingerprint density at radius 1 is 0.393 bits per heavy atom. The smallest absolute Gasteiger partial charge is 0.220 e. The molecule has 3 rings (SSSR count). The van der Waals surface area contributed by atoms with Gasteiger partial charge in [0.05, 0.1) is 38.6 Å². The number of unbranched alkanes of at least 4 members (excludes halogenated alkanes) is 32. The summed E-state index contributed by atoms with van der Waals surface area (Å²) >= 11 is 0. The van der Waals surface area contributed by atoms with Gasteiger partial charge in [0.25, 0.3) is 0 Å². The van der Waals surface area contributed by atoms with Gasteiger partial charge < -0.3 is 89.9 Å². The van der Waals surface area contributed by atoms with Crippen LogP contribution in [0, 0.1) is 0 Å². The highest BCUT2D eigenvalue weighted by Gasteiger charge is 2.53. The summed E-state index contributed by atoms with van der Waals surface area (Å²) in [4.78, 5) is 13.3. The first-order valence-corrected chi connectivity index (χ1v) is 35.4. The Balaban J connectivity index is 1.39. The summed E-state index contributed by atoms with van der Waals surface area (Å²) in [6, 6.07) is -1.00. The van der Waals surface area contributed by atoms with E-state index < -0.39 is 124 Å². The van der Waals surface area contributed by atoms with Crippen LogP contribution in [0.15, 0.2) is 48.6 Å². The normalized spacial score (nSPS) is 28.5. The third kappa shape index (κ3) is 34.1. The van der Waals surface area contributed by atoms with Gasteiger partial charge >= 0.3 is 0 Å². The zero-order valence-electron chi connectivity index (χ0n) is 54.9. The van der Waals surface area contributed by atoms with Gasteiger partial charge in [0.15, 0.2) is 18.9 Å². The lowest BCUT2D eigenvalue weighted by atomic mass is 9.96. The van der Waals surface area contributed by atoms with E-state index in [2.05, 4.69) is 55.6 Å². The van der Waals surface area contributed by atoms with Gasteiger partial charge in [-0.15, -0.1) is 0 Å². The van der Waals surface area contributed by atoms with E-state index in [0.717, 1.165) is 64.2 Å². The highest BCUT2D eigenvalue weighted by Crippen LogP contribution is 2.33. The van der Waals surface area contributed by atoms with E-state index in [0.29, 0.717) is 12.8 Å². The molecule has 19 heteroatoms. The second-order valence-electron chi connectivity index (χ2n) is 25.3. The van der Waals surface area contributed by atoms with Gasteiger partial charge in [-0.25, -0.2) is 0 Å². The van der Waals surface area contributed by atoms with Crippen molar-refractivity contribution < 1.29 is 89.4 Å². The molecule has 3 saturated heterocycles. The predicted molar refractivity (Wildman–Crippen MR) is 346 cm³/mol. The zero-order chi connectivity index (χ0) is 64.7. The molecule has 0 aliphatic carbocycles. The largest absolute Gasteiger partial charge is 0.394 e. The maximum Gasteiger partial charge on any atom is 0.220 e. The molecule has 17 unspecified atom stereocenters. The number of aliphatic hydroxyl groups excluding tert-OH is 11. The summed E-state index contributed by atoms with van der Waals surface area (Å²) in [5.41, 5.74) is 0. The third-order valence-corrected chi connectivity index (χ3v) is 17.6. The van der Waals surface area contributed by atoms with E-state index in [4.69, 9.17) is 28.4 Å². The second-order valence-corrected chi connectivity index (χ2v) is 25.3. The van der Waals surface area contributed by atoms with Crippen LogP contribution in [0.1, 0.15) is 258 Å². The van der Waals surface area contributed by atoms with Crippen molar-refractivity contribution >= 4 is 5.91 Å². The first kappa shape index (κ1) is 81.0. The van der Waals surface area contributed by atoms with Crippen molar-refractivity contribution in [3.05, 3.63) is 48.6 Å². The number of allylic oxidation sites excluding steroid dienone is 7. The number of carbonyl (C=O) groups is 1. The molecule has 3 aliphatic heterocycles. The van der Waals surface area contributed by atoms with Gasteiger partial charge in [0.2, 0.25) is 5.91 Å². The second kappa shape index (κ2) is 52.1. The molecule has 17 atom stereocenters. The fourth-order valence-electron chi connectivity index (χ4n) is 11.8. The maximum absolute atomic E-state index is 13.3. The van der Waals surface area contributed by atoms with Crippen molar-refractivity contribution in [2.45, 2.75) is 362 Å². The lowest BCUT2D eigenvalue weighted by Crippen LogP contribution is -2.66. The van der Waals surface area contributed by atoms with Crippen molar-refractivity contribution in [2.24, 2.45) is 0 Å². The molecule has 0 radical (unpaired) electrons. The molecular weight excluding hydrogens is 1140 g/mol. The van der Waals surface area contributed by atoms with Crippen molar-refractivity contribution in [3.8, 4) is 0 Å². The van der Waals surface area contributed by atoms with Crippen LogP contribution in [-0.4, -0.2) is 193 Å². The Bertz CT molecular complexity index is 1800. The molecule has 0 aromatic carbocycles. The van der Waals surface area contributed by atoms with Crippen LogP contribution in [0.25, 0.3) is 0 Å². The van der Waals surface area contributed by atoms with Crippen LogP contribution >= 0.6 is 0 Å². The maximum atomic E-state index is 13.3. The number of ether oxygens (including phenoxy) is 6. The van der Waals surface area contributed by atoms with Crippen LogP contribution in [0.3, 0.4) is 0 Å². The summed E-state index contributed by atoms with van der Waals surface area (Å²) in [6.07, 6.45) is 35.6. The molecule has 520 valence electrons. The standard InChI is InChI=1S/C70H127NO18/c1-3-5-7-9-11-13-15-17-18-19-20-21-22-23-24-25-26-27-28-29-30-31-32-33-34-35-36-37-39-41-43-45-47-54(75)53(71-58(76)48-46-44-42-40-38-16-14-12-10-8-6-4-2)52-84-68-64(82)61(79)66(56(50-73)86-68)89-70-65(83)62(80)67(57(51-74)87-70)88-69-63(81)60(78)59(77)55(49-72)85-69/h12,14,33-34,37,39,45,47,53-57,59-70,72-75,77-83H,3-11,13,15-32,35-36,38,40-44,46,48-52H2,1-2H3,(H,71,76)/b14-12-,34-33+,39-37+,47-45+. The van der Waals surface area contributed by atoms with Gasteiger partial charge in [-0.1, -0.05) is 229 Å². The van der Waals surface area contributed by atoms with E-state index in [9.17, 15) is 61.0 Å². The number of hydrogen-bond acceptors (Lipinski definition) is 18. The summed E-state index contributed by atoms with van der Waals surface area (Å²) in [5.74, 6) is -0.300. The van der Waals surface area contributed by atoms with E-state index in [1.165, 1.54) is 161 Å². The third-order valence-electron chi connectivity index (χ3n) is 17.6. The number of rotatable bonds is 54. The van der Waals surface area contributed by atoms with Gasteiger partial charge in [-0.05, 0) is 70.6 Å². The Kier molecular flexibility index (Phi) is 47.4. The lowest BCUT2D eigenvalue weighted by molar-refractivity contribution is -0.379. The molecule has 19 nitrogen and oxygen atoms in total. The Morgan fingerprint density at radius 2 is 0.719 bits per heavy atom. The monoisotopic (exact) mass is 1270 g/mol. The molecule has 1 amide bonds. The van der Waals surface area contributed by atoms with Crippen LogP contribution < -0.4 is 5.32 Å². The van der Waals surface area contributed by atoms with Crippen molar-refractivity contribution in [2.75, 3.05) is 26.4 Å². The number of hydrogen-bond donors (Lipinski definition) is 12. The van der Waals surface area contributed by atoms with Crippen LogP contribution in [-0.2, 0) is 33.2 Å². The minimum absolute atomic E-state index is 0.221. The molecular formula is C70H127NO18. The molecule has 0 bridgehead atoms. The Hall–Kier alpha value is -2.25. The molecule has 3 heterocycles. The highest BCUT2D eigenvalue weighted by molar-refractivity contribution is 5.76. The topological polar surface area (TPSA) is 307 Å². The first-order valence-electron chi connectivity index (χ1n) is 35.4. The summed E-state index contributed by atoms with van der Waals surface area (Å²) in [6.45, 7) is 1.68. The van der Waals surface area contributed by atoms with Crippen LogP contribution in [0.2, 0.25) is 0 Å². The predicted octanol–water partition coefficient (Wildman–Crippen LogP) is 9.39. The number of nitrogens with one attached hydrogen (secondary N) is 1. The molecule has 89 heavy (non-hydrogen) atoms. The average Bonchev–Trinajstić information content (AvgIpc) is 1.24. The van der Waals surface area contributed by atoms with E-state index in [1.54, 1.807) is 6.08 Å². The lowest BCUT2D eigenvalue weighted by Gasteiger charge is -2.48. The molecule has 12 N–H and O–H groups in total. The quantitative estimate of drug-likeness (QED) is 0.0199. The molecule has 3 fully saturated rings. The fourth-order valence-corrected chi connectivity index (χ4v) is 11.8. The van der Waals surface area contributed by atoms with E-state index in [1.807, 2.05) is 6.08 Å². The van der Waals surface area contributed by atoms with Gasteiger partial charge in [-0.2, -0.15) is 0 Å². The van der Waals surface area contributed by atoms with E-state index >= 15 is 0 Å². The van der Waals surface area contributed by atoms with E-state index in [-0.39, 0.29) is 18.9 Å². The SMILES string of the molecule is CCCCC/C=C\CCCCCCCC(=O)NC(COC1OC(CO)C(OC2OC(CO)C(OC3OC(CO)C(O)C(O)C3O)C(O)C2O)C(O)C1O)C(O)/C=C/CC/C=C/CC/C=C/CCCCCCCCCCCCCCCCCCCCCCCC. The Labute approximate surface area is 535 Å². The molecule has 0 saturated carbocycles. The van der Waals surface area contributed by atoms with Crippen LogP contribution in [0.5, 0.6) is 0 Å². The van der Waals surface area contributed by atoms with Crippen molar-refractivity contribution in [1.82, 2.24) is 5.32 Å². The van der Waals surface area contributed by atoms with Crippen LogP contribution in [0.4, 0.5) is 0 Å². The summed E-state index contributed by atoms with van der Waals surface area (Å²) in [5, 5.41) is 120. The molecule has 0 aromatic heterocycles. The zero-order valence-corrected chi connectivity index (χ0v) is 54.9. The van der Waals surface area contributed by atoms with Gasteiger partial charge in [-0.3, -0.25) is 4.79 Å². The minimum Gasteiger partial charge on any atom is -0.394 e. The highest BCUT2D eigenvalue weighted by atomic mass is 16.8.